The monoisotopic (exact) mass is 351 g/mol. The van der Waals surface area contributed by atoms with Crippen molar-refractivity contribution in [3.8, 4) is 0 Å². The summed E-state index contributed by atoms with van der Waals surface area (Å²) < 4.78 is 10.7. The fourth-order valence-corrected chi connectivity index (χ4v) is 3.27. The summed E-state index contributed by atoms with van der Waals surface area (Å²) in [6.45, 7) is 6.47. The van der Waals surface area contributed by atoms with E-state index in [1.165, 1.54) is 11.1 Å². The van der Waals surface area contributed by atoms with E-state index < -0.39 is 0 Å². The van der Waals surface area contributed by atoms with E-state index in [2.05, 4.69) is 33.7 Å². The Bertz CT molecular complexity index is 544. The van der Waals surface area contributed by atoms with Gasteiger partial charge in [-0.15, -0.1) is 0 Å². The first-order valence-electron chi connectivity index (χ1n) is 8.56. The Labute approximate surface area is 149 Å². The van der Waals surface area contributed by atoms with Gasteiger partial charge >= 0.3 is 0 Å². The van der Waals surface area contributed by atoms with Crippen molar-refractivity contribution in [2.45, 2.75) is 12.5 Å². The summed E-state index contributed by atoms with van der Waals surface area (Å²) in [6, 6.07) is 8.33. The number of rotatable bonds is 7. The van der Waals surface area contributed by atoms with E-state index in [9.17, 15) is 0 Å². The van der Waals surface area contributed by atoms with Crippen molar-refractivity contribution >= 4 is 17.2 Å². The first-order chi connectivity index (χ1) is 11.8. The van der Waals surface area contributed by atoms with Crippen LogP contribution in [0.2, 0.25) is 5.02 Å². The Kier molecular flexibility index (Phi) is 6.51. The molecule has 132 valence electrons. The van der Waals surface area contributed by atoms with Gasteiger partial charge in [-0.05, 0) is 29.7 Å². The van der Waals surface area contributed by atoms with Crippen LogP contribution in [0.15, 0.2) is 30.5 Å². The first kappa shape index (κ1) is 17.7. The van der Waals surface area contributed by atoms with E-state index in [4.69, 9.17) is 21.1 Å². The van der Waals surface area contributed by atoms with Gasteiger partial charge < -0.3 is 14.5 Å². The second kappa shape index (κ2) is 8.83. The molecule has 0 spiro atoms. The van der Waals surface area contributed by atoms with Gasteiger partial charge in [0, 0.05) is 51.1 Å². The van der Waals surface area contributed by atoms with E-state index in [1.54, 1.807) is 7.11 Å². The Morgan fingerprint density at radius 1 is 1.21 bits per heavy atom. The number of hydrogen-bond acceptors (Lipinski definition) is 5. The van der Waals surface area contributed by atoms with Crippen molar-refractivity contribution < 1.29 is 9.47 Å². The lowest BCUT2D eigenvalue weighted by atomic mass is 9.99. The van der Waals surface area contributed by atoms with Crippen molar-refractivity contribution in [3.63, 3.8) is 0 Å². The predicted octanol–water partition coefficient (Wildman–Crippen LogP) is 2.24. The molecule has 0 aromatic heterocycles. The number of morpholine rings is 1. The molecule has 1 saturated heterocycles. The third-order valence-electron chi connectivity index (χ3n) is 4.54. The first-order valence-corrected chi connectivity index (χ1v) is 8.93. The molecule has 6 heteroatoms. The molecule has 3 rings (SSSR count). The lowest BCUT2D eigenvalue weighted by Crippen LogP contribution is -2.44. The fourth-order valence-electron chi connectivity index (χ4n) is 3.14. The Balaban J connectivity index is 1.63. The molecule has 1 N–H and O–H groups in total. The number of nitrogens with zero attached hydrogens (tertiary/aromatic N) is 2. The summed E-state index contributed by atoms with van der Waals surface area (Å²) in [5.74, 6) is 0. The smallest absolute Gasteiger partial charge is 0.0594 e. The fraction of sp³-hybridized carbons (Fsp3) is 0.556. The zero-order valence-corrected chi connectivity index (χ0v) is 15.0. The quantitative estimate of drug-likeness (QED) is 0.815. The van der Waals surface area contributed by atoms with E-state index in [0.717, 1.165) is 57.4 Å². The average Bonchev–Trinajstić information content (AvgIpc) is 3.03. The number of methoxy groups -OCH3 is 1. The second-order valence-electron chi connectivity index (χ2n) is 6.20. The van der Waals surface area contributed by atoms with Crippen LogP contribution in [0.25, 0.3) is 5.57 Å². The standard InChI is InChI=1S/C18H26ClN3O2/c1-23-11-6-18-17(15-2-4-16(19)5-3-15)14-22(20-18)8-7-21-9-12-24-13-10-21/h2-5,14,18,20H,6-13H2,1H3. The molecule has 0 aliphatic carbocycles. The topological polar surface area (TPSA) is 37.0 Å². The number of nitrogens with one attached hydrogen (secondary N) is 1. The molecule has 1 aromatic rings. The van der Waals surface area contributed by atoms with Crippen molar-refractivity contribution in [2.75, 3.05) is 53.1 Å². The van der Waals surface area contributed by atoms with Gasteiger partial charge in [0.2, 0.25) is 0 Å². The number of ether oxygens (including phenoxy) is 2. The molecule has 0 bridgehead atoms. The van der Waals surface area contributed by atoms with Gasteiger partial charge in [-0.25, -0.2) is 5.43 Å². The number of halogens is 1. The van der Waals surface area contributed by atoms with Crippen LogP contribution in [0.4, 0.5) is 0 Å². The highest BCUT2D eigenvalue weighted by atomic mass is 35.5. The van der Waals surface area contributed by atoms with Crippen LogP contribution in [0.3, 0.4) is 0 Å². The molecular weight excluding hydrogens is 326 g/mol. The highest BCUT2D eigenvalue weighted by Gasteiger charge is 2.25. The normalized spacial score (nSPS) is 22.0. The van der Waals surface area contributed by atoms with E-state index in [0.29, 0.717) is 0 Å². The van der Waals surface area contributed by atoms with E-state index in [-0.39, 0.29) is 6.04 Å². The van der Waals surface area contributed by atoms with Crippen LogP contribution in [0.1, 0.15) is 12.0 Å². The molecule has 2 heterocycles. The molecular formula is C18H26ClN3O2. The number of hydrazine groups is 1. The summed E-state index contributed by atoms with van der Waals surface area (Å²) in [5, 5.41) is 2.97. The third-order valence-corrected chi connectivity index (χ3v) is 4.79. The Morgan fingerprint density at radius 3 is 2.67 bits per heavy atom. The highest BCUT2D eigenvalue weighted by Crippen LogP contribution is 2.27. The van der Waals surface area contributed by atoms with Crippen molar-refractivity contribution in [2.24, 2.45) is 0 Å². The summed E-state index contributed by atoms with van der Waals surface area (Å²) in [4.78, 5) is 2.45. The summed E-state index contributed by atoms with van der Waals surface area (Å²) in [6.07, 6.45) is 3.17. The maximum absolute atomic E-state index is 6.02. The Hall–Kier alpha value is -1.11. The molecule has 5 nitrogen and oxygen atoms in total. The molecule has 24 heavy (non-hydrogen) atoms. The molecule has 0 saturated carbocycles. The highest BCUT2D eigenvalue weighted by molar-refractivity contribution is 6.30. The minimum Gasteiger partial charge on any atom is -0.385 e. The van der Waals surface area contributed by atoms with Gasteiger partial charge in [0.05, 0.1) is 19.3 Å². The second-order valence-corrected chi connectivity index (χ2v) is 6.64. The van der Waals surface area contributed by atoms with Crippen molar-refractivity contribution in [1.29, 1.82) is 0 Å². The van der Waals surface area contributed by atoms with Gasteiger partial charge in [-0.3, -0.25) is 4.90 Å². The lowest BCUT2D eigenvalue weighted by Gasteiger charge is -2.29. The largest absolute Gasteiger partial charge is 0.385 e. The van der Waals surface area contributed by atoms with Crippen LogP contribution < -0.4 is 5.43 Å². The summed E-state index contributed by atoms with van der Waals surface area (Å²) >= 11 is 6.02. The SMILES string of the molecule is COCCC1NN(CCN2CCOCC2)C=C1c1ccc(Cl)cc1. The van der Waals surface area contributed by atoms with Gasteiger partial charge in [-0.2, -0.15) is 0 Å². The van der Waals surface area contributed by atoms with Gasteiger partial charge in [0.25, 0.3) is 0 Å². The zero-order chi connectivity index (χ0) is 16.8. The van der Waals surface area contributed by atoms with Crippen molar-refractivity contribution in [1.82, 2.24) is 15.3 Å². The molecule has 1 aromatic carbocycles. The van der Waals surface area contributed by atoms with Crippen LogP contribution in [-0.2, 0) is 9.47 Å². The maximum Gasteiger partial charge on any atom is 0.0594 e. The molecule has 0 radical (unpaired) electrons. The average molecular weight is 352 g/mol. The number of benzene rings is 1. The van der Waals surface area contributed by atoms with Gasteiger partial charge in [0.1, 0.15) is 0 Å². The van der Waals surface area contributed by atoms with Crippen LogP contribution in [0.5, 0.6) is 0 Å². The molecule has 1 unspecified atom stereocenters. The molecule has 1 atom stereocenters. The predicted molar refractivity (Wildman–Crippen MR) is 96.8 cm³/mol. The van der Waals surface area contributed by atoms with Crippen LogP contribution >= 0.6 is 11.6 Å². The minimum absolute atomic E-state index is 0.274. The zero-order valence-electron chi connectivity index (χ0n) is 14.2. The van der Waals surface area contributed by atoms with Crippen LogP contribution in [-0.4, -0.2) is 69.1 Å². The minimum atomic E-state index is 0.274. The van der Waals surface area contributed by atoms with Crippen molar-refractivity contribution in [3.05, 3.63) is 41.1 Å². The van der Waals surface area contributed by atoms with E-state index >= 15 is 0 Å². The summed E-state index contributed by atoms with van der Waals surface area (Å²) in [7, 11) is 1.75. The molecule has 0 amide bonds. The van der Waals surface area contributed by atoms with E-state index in [1.807, 2.05) is 12.1 Å². The molecule has 1 fully saturated rings. The van der Waals surface area contributed by atoms with Gasteiger partial charge in [-0.1, -0.05) is 23.7 Å². The third kappa shape index (κ3) is 4.71. The molecule has 2 aliphatic heterocycles. The molecule has 2 aliphatic rings. The maximum atomic E-state index is 6.02. The lowest BCUT2D eigenvalue weighted by molar-refractivity contribution is 0.0334. The summed E-state index contributed by atoms with van der Waals surface area (Å²) in [5.41, 5.74) is 6.11. The van der Waals surface area contributed by atoms with Crippen LogP contribution in [0, 0.1) is 0 Å². The Morgan fingerprint density at radius 2 is 1.96 bits per heavy atom. The van der Waals surface area contributed by atoms with Gasteiger partial charge in [0.15, 0.2) is 0 Å². The number of hydrogen-bond donors (Lipinski definition) is 1.